The molecule has 28 heavy (non-hydrogen) atoms. The van der Waals surface area contributed by atoms with E-state index >= 15 is 0 Å². The maximum atomic E-state index is 12.9. The second-order valence-corrected chi connectivity index (χ2v) is 5.80. The van der Waals surface area contributed by atoms with Crippen molar-refractivity contribution in [1.29, 1.82) is 0 Å². The minimum Gasteiger partial charge on any atom is -0.504 e. The normalized spacial score (nSPS) is 11.0. The molecular formula is C21H20O7. The third-order valence-corrected chi connectivity index (χ3v) is 4.25. The van der Waals surface area contributed by atoms with Gasteiger partial charge >= 0.3 is 0 Å². The van der Waals surface area contributed by atoms with E-state index in [1.165, 1.54) is 26.6 Å². The summed E-state index contributed by atoms with van der Waals surface area (Å²) in [6, 6.07) is 6.88. The van der Waals surface area contributed by atoms with Crippen LogP contribution in [0.2, 0.25) is 0 Å². The number of phenolic OH excluding ortho intramolecular Hbond substituents is 1. The highest BCUT2D eigenvalue weighted by atomic mass is 16.5. The summed E-state index contributed by atoms with van der Waals surface area (Å²) in [7, 11) is 5.89. The van der Waals surface area contributed by atoms with Crippen LogP contribution >= 0.6 is 0 Å². The molecule has 3 aromatic rings. The molecule has 0 amide bonds. The first-order chi connectivity index (χ1) is 13.5. The van der Waals surface area contributed by atoms with Gasteiger partial charge in [-0.15, -0.1) is 0 Å². The summed E-state index contributed by atoms with van der Waals surface area (Å²) < 4.78 is 26.4. The molecule has 0 bridgehead atoms. The molecule has 146 valence electrons. The Morgan fingerprint density at radius 3 is 2.18 bits per heavy atom. The van der Waals surface area contributed by atoms with Crippen molar-refractivity contribution in [2.45, 2.75) is 0 Å². The fraction of sp³-hybridized carbons (Fsp3) is 0.190. The number of carbonyl (C=O) groups excluding carboxylic acids is 1. The van der Waals surface area contributed by atoms with Gasteiger partial charge in [-0.1, -0.05) is 6.08 Å². The van der Waals surface area contributed by atoms with E-state index in [1.54, 1.807) is 44.6 Å². The second kappa shape index (κ2) is 7.96. The van der Waals surface area contributed by atoms with Gasteiger partial charge in [-0.3, -0.25) is 4.79 Å². The van der Waals surface area contributed by atoms with Gasteiger partial charge in [0.15, 0.2) is 17.1 Å². The zero-order valence-corrected chi connectivity index (χ0v) is 15.9. The topological polar surface area (TPSA) is 87.4 Å². The monoisotopic (exact) mass is 384 g/mol. The summed E-state index contributed by atoms with van der Waals surface area (Å²) in [5, 5.41) is 11.1. The number of carbonyl (C=O) groups is 1. The predicted octanol–water partition coefficient (Wildman–Crippen LogP) is 4.07. The number of furan rings is 1. The molecule has 0 unspecified atom stereocenters. The predicted molar refractivity (Wildman–Crippen MR) is 104 cm³/mol. The van der Waals surface area contributed by atoms with Crippen molar-refractivity contribution in [1.82, 2.24) is 0 Å². The van der Waals surface area contributed by atoms with Gasteiger partial charge in [0.25, 0.3) is 0 Å². The average Bonchev–Trinajstić information content (AvgIpc) is 3.20. The van der Waals surface area contributed by atoms with E-state index in [4.69, 9.17) is 23.4 Å². The van der Waals surface area contributed by atoms with E-state index in [2.05, 4.69) is 0 Å². The van der Waals surface area contributed by atoms with Crippen molar-refractivity contribution in [2.75, 3.05) is 28.4 Å². The third-order valence-electron chi connectivity index (χ3n) is 4.25. The molecule has 0 aliphatic heterocycles. The smallest absolute Gasteiger partial charge is 0.205 e. The molecule has 0 aliphatic rings. The van der Waals surface area contributed by atoms with Crippen LogP contribution in [0, 0.1) is 0 Å². The Morgan fingerprint density at radius 1 is 0.964 bits per heavy atom. The third kappa shape index (κ3) is 3.34. The van der Waals surface area contributed by atoms with Crippen molar-refractivity contribution in [3.8, 4) is 28.7 Å². The number of methoxy groups -OCH3 is 4. The van der Waals surface area contributed by atoms with Gasteiger partial charge < -0.3 is 28.5 Å². The van der Waals surface area contributed by atoms with E-state index in [1.807, 2.05) is 0 Å². The largest absolute Gasteiger partial charge is 0.504 e. The molecule has 0 saturated heterocycles. The summed E-state index contributed by atoms with van der Waals surface area (Å²) in [5.74, 6) is 0.652. The average molecular weight is 384 g/mol. The van der Waals surface area contributed by atoms with Crippen LogP contribution in [0.3, 0.4) is 0 Å². The molecule has 2 aromatic carbocycles. The molecule has 1 aromatic heterocycles. The quantitative estimate of drug-likeness (QED) is 0.485. The summed E-state index contributed by atoms with van der Waals surface area (Å²) in [6.45, 7) is 0. The van der Waals surface area contributed by atoms with Crippen molar-refractivity contribution in [3.05, 3.63) is 47.7 Å². The van der Waals surface area contributed by atoms with E-state index in [0.717, 1.165) is 0 Å². The van der Waals surface area contributed by atoms with Gasteiger partial charge in [0, 0.05) is 6.07 Å². The minimum atomic E-state index is -0.461. The Labute approximate surface area is 161 Å². The molecule has 0 spiro atoms. The van der Waals surface area contributed by atoms with Crippen molar-refractivity contribution < 1.29 is 33.3 Å². The van der Waals surface area contributed by atoms with Gasteiger partial charge in [0.1, 0.15) is 22.8 Å². The molecule has 7 nitrogen and oxygen atoms in total. The summed E-state index contributed by atoms with van der Waals surface area (Å²) in [5.41, 5.74) is 0.980. The lowest BCUT2D eigenvalue weighted by Gasteiger charge is -2.13. The highest BCUT2D eigenvalue weighted by Gasteiger charge is 2.26. The van der Waals surface area contributed by atoms with E-state index < -0.39 is 5.78 Å². The van der Waals surface area contributed by atoms with E-state index in [0.29, 0.717) is 28.0 Å². The van der Waals surface area contributed by atoms with Crippen LogP contribution in [0.25, 0.3) is 17.0 Å². The molecule has 1 N–H and O–H groups in total. The first-order valence-electron chi connectivity index (χ1n) is 8.33. The number of rotatable bonds is 7. The van der Waals surface area contributed by atoms with Crippen LogP contribution < -0.4 is 18.9 Å². The Morgan fingerprint density at radius 2 is 1.61 bits per heavy atom. The minimum absolute atomic E-state index is 0.0145. The van der Waals surface area contributed by atoms with Crippen LogP contribution in [0.15, 0.2) is 41.0 Å². The Bertz CT molecular complexity index is 1020. The van der Waals surface area contributed by atoms with Crippen molar-refractivity contribution in [3.63, 3.8) is 0 Å². The molecule has 7 heteroatoms. The lowest BCUT2D eigenvalue weighted by atomic mass is 10.0. The van der Waals surface area contributed by atoms with Gasteiger partial charge in [0.2, 0.25) is 5.75 Å². The number of ether oxygens (including phenoxy) is 4. The van der Waals surface area contributed by atoms with Crippen molar-refractivity contribution in [2.24, 2.45) is 0 Å². The lowest BCUT2D eigenvalue weighted by Crippen LogP contribution is -2.02. The Hall–Kier alpha value is -3.61. The van der Waals surface area contributed by atoms with Gasteiger partial charge in [-0.2, -0.15) is 0 Å². The molecule has 0 radical (unpaired) electrons. The number of fused-ring (bicyclic) bond motifs is 1. The SMILES string of the molecule is COc1cc(C=CC(=O)c2c(O)c(OC)c3occc3c2OC)cc(OC)c1. The number of phenols is 1. The number of hydrogen-bond donors (Lipinski definition) is 1. The molecule has 0 aliphatic carbocycles. The number of ketones is 1. The summed E-state index contributed by atoms with van der Waals surface area (Å²) >= 11 is 0. The fourth-order valence-electron chi connectivity index (χ4n) is 2.94. The number of aromatic hydroxyl groups is 1. The van der Waals surface area contributed by atoms with E-state index in [9.17, 15) is 9.90 Å². The number of allylic oxidation sites excluding steroid dienone is 1. The van der Waals surface area contributed by atoms with Crippen LogP contribution in [0.4, 0.5) is 0 Å². The molecule has 1 heterocycles. The van der Waals surface area contributed by atoms with Crippen LogP contribution in [-0.2, 0) is 0 Å². The summed E-state index contributed by atoms with van der Waals surface area (Å²) in [4.78, 5) is 12.9. The van der Waals surface area contributed by atoms with Crippen LogP contribution in [-0.4, -0.2) is 39.3 Å². The Kier molecular flexibility index (Phi) is 5.44. The maximum absolute atomic E-state index is 12.9. The number of hydrogen-bond acceptors (Lipinski definition) is 7. The zero-order valence-electron chi connectivity index (χ0n) is 15.9. The fourth-order valence-corrected chi connectivity index (χ4v) is 2.94. The number of benzene rings is 2. The van der Waals surface area contributed by atoms with Crippen molar-refractivity contribution >= 4 is 22.8 Å². The molecule has 3 rings (SSSR count). The zero-order chi connectivity index (χ0) is 20.3. The first-order valence-corrected chi connectivity index (χ1v) is 8.33. The summed E-state index contributed by atoms with van der Waals surface area (Å²) in [6.07, 6.45) is 4.36. The van der Waals surface area contributed by atoms with Crippen LogP contribution in [0.5, 0.6) is 28.7 Å². The molecule has 0 saturated carbocycles. The molecule has 0 fully saturated rings. The second-order valence-electron chi connectivity index (χ2n) is 5.80. The van der Waals surface area contributed by atoms with Crippen LogP contribution in [0.1, 0.15) is 15.9 Å². The molecule has 0 atom stereocenters. The highest BCUT2D eigenvalue weighted by Crippen LogP contribution is 2.45. The van der Waals surface area contributed by atoms with Gasteiger partial charge in [-0.25, -0.2) is 0 Å². The van der Waals surface area contributed by atoms with E-state index in [-0.39, 0.29) is 22.8 Å². The first kappa shape index (κ1) is 19.2. The highest BCUT2D eigenvalue weighted by molar-refractivity contribution is 6.15. The molecular weight excluding hydrogens is 364 g/mol. The van der Waals surface area contributed by atoms with Gasteiger partial charge in [0.05, 0.1) is 40.1 Å². The lowest BCUT2D eigenvalue weighted by molar-refractivity contribution is 0.104. The Balaban J connectivity index is 2.07. The standard InChI is InChI=1S/C21H20O7/c1-24-13-9-12(10-14(11-13)25-2)5-6-16(22)17-18(23)21(27-4)20-15(7-8-28-20)19(17)26-3/h5-11,23H,1-4H3. The van der Waals surface area contributed by atoms with Gasteiger partial charge in [-0.05, 0) is 29.8 Å². The maximum Gasteiger partial charge on any atom is 0.205 e.